The van der Waals surface area contributed by atoms with Crippen LogP contribution in [0.4, 0.5) is 17.6 Å². The maximum atomic E-state index is 16.1. The third kappa shape index (κ3) is 4.80. The number of amides is 2. The molecule has 6 rings (SSSR count). The lowest BCUT2D eigenvalue weighted by Crippen LogP contribution is -2.49. The summed E-state index contributed by atoms with van der Waals surface area (Å²) in [5, 5.41) is 15.4. The number of benzene rings is 2. The molecule has 4 aromatic rings. The zero-order valence-electron chi connectivity index (χ0n) is 24.7. The van der Waals surface area contributed by atoms with Crippen molar-refractivity contribution in [2.45, 2.75) is 43.4 Å². The summed E-state index contributed by atoms with van der Waals surface area (Å²) >= 11 is 6.24. The number of ether oxygens (including phenoxy) is 2. The molecule has 2 atom stereocenters. The number of alkyl halides is 1. The first-order chi connectivity index (χ1) is 21.6. The quantitative estimate of drug-likeness (QED) is 0.180. The number of pyridine rings is 2. The molecule has 0 bridgehead atoms. The van der Waals surface area contributed by atoms with E-state index in [1.165, 1.54) is 32.2 Å². The number of nitrogens with one attached hydrogen (secondary N) is 1. The topological polar surface area (TPSA) is 137 Å². The molecule has 0 radical (unpaired) electrons. The van der Waals surface area contributed by atoms with E-state index in [4.69, 9.17) is 26.8 Å². The fourth-order valence-electron chi connectivity index (χ4n) is 5.61. The van der Waals surface area contributed by atoms with E-state index in [1.54, 1.807) is 13.0 Å². The number of carbonyl (C=O) groups excluding carboxylic acids is 2. The second kappa shape index (κ2) is 10.8. The van der Waals surface area contributed by atoms with Crippen LogP contribution < -0.4 is 20.5 Å². The number of rotatable bonds is 8. The SMILES string of the molecule is COc1cc(C(=O)NCC(O)(c2cc3c(c(-c4ccc(F)c(F)c4F)n2)OC[C@]3(C)C(N)=O)C2(F)CC2)cc2cc(Cl)c(C)nc12. The van der Waals surface area contributed by atoms with Gasteiger partial charge in [0.2, 0.25) is 5.91 Å². The predicted octanol–water partition coefficient (Wildman–Crippen LogP) is 4.94. The van der Waals surface area contributed by atoms with Crippen LogP contribution in [0.2, 0.25) is 5.02 Å². The highest BCUT2D eigenvalue weighted by Gasteiger charge is 2.62. The molecule has 1 aliphatic carbocycles. The molecule has 2 aromatic carbocycles. The second-order valence-corrected chi connectivity index (χ2v) is 12.2. The van der Waals surface area contributed by atoms with Crippen molar-refractivity contribution >= 4 is 34.3 Å². The Labute approximate surface area is 264 Å². The molecule has 4 N–H and O–H groups in total. The number of primary amides is 1. The molecule has 14 heteroatoms. The fourth-order valence-corrected chi connectivity index (χ4v) is 5.77. The second-order valence-electron chi connectivity index (χ2n) is 11.8. The predicted molar refractivity (Wildman–Crippen MR) is 159 cm³/mol. The van der Waals surface area contributed by atoms with Crippen molar-refractivity contribution in [3.8, 4) is 22.8 Å². The zero-order chi connectivity index (χ0) is 33.3. The Bertz CT molecular complexity index is 1970. The number of nitrogens with two attached hydrogens (primary N) is 1. The van der Waals surface area contributed by atoms with Gasteiger partial charge in [0.1, 0.15) is 40.4 Å². The Balaban J connectivity index is 1.45. The maximum absolute atomic E-state index is 16.1. The first-order valence-electron chi connectivity index (χ1n) is 14.1. The molecule has 2 aliphatic rings. The number of aliphatic hydroxyl groups is 1. The summed E-state index contributed by atoms with van der Waals surface area (Å²) in [5.41, 5.74) is -0.981. The highest BCUT2D eigenvalue weighted by Crippen LogP contribution is 2.55. The van der Waals surface area contributed by atoms with Gasteiger partial charge in [-0.15, -0.1) is 0 Å². The van der Waals surface area contributed by atoms with Gasteiger partial charge in [-0.3, -0.25) is 9.59 Å². The van der Waals surface area contributed by atoms with Crippen molar-refractivity contribution in [3.63, 3.8) is 0 Å². The first kappa shape index (κ1) is 31.5. The fraction of sp³-hybridized carbons (Fsp3) is 0.312. The molecule has 2 amide bonds. The molecule has 1 fully saturated rings. The van der Waals surface area contributed by atoms with Crippen molar-refractivity contribution in [1.29, 1.82) is 0 Å². The number of hydrogen-bond donors (Lipinski definition) is 3. The van der Waals surface area contributed by atoms with E-state index in [-0.39, 0.29) is 42.1 Å². The van der Waals surface area contributed by atoms with Crippen LogP contribution in [-0.2, 0) is 15.8 Å². The van der Waals surface area contributed by atoms with Crippen LogP contribution in [0.3, 0.4) is 0 Å². The summed E-state index contributed by atoms with van der Waals surface area (Å²) in [5.74, 6) is -6.35. The number of nitrogens with zero attached hydrogens (tertiary/aromatic N) is 2. The minimum Gasteiger partial charge on any atom is -0.494 e. The molecule has 240 valence electrons. The molecular formula is C32H27ClF4N4O5. The minimum atomic E-state index is -2.54. The summed E-state index contributed by atoms with van der Waals surface area (Å²) in [6.45, 7) is 2.09. The number of aromatic nitrogens is 2. The van der Waals surface area contributed by atoms with Crippen molar-refractivity contribution in [2.75, 3.05) is 20.3 Å². The van der Waals surface area contributed by atoms with E-state index in [9.17, 15) is 23.5 Å². The van der Waals surface area contributed by atoms with Crippen molar-refractivity contribution < 1.29 is 41.7 Å². The van der Waals surface area contributed by atoms with Crippen LogP contribution in [0.1, 0.15) is 47.1 Å². The van der Waals surface area contributed by atoms with Gasteiger partial charge in [-0.05, 0) is 63.1 Å². The van der Waals surface area contributed by atoms with E-state index in [0.717, 1.165) is 6.07 Å². The number of carbonyl (C=O) groups is 2. The van der Waals surface area contributed by atoms with Gasteiger partial charge >= 0.3 is 0 Å². The smallest absolute Gasteiger partial charge is 0.251 e. The van der Waals surface area contributed by atoms with Crippen LogP contribution in [0.5, 0.6) is 11.5 Å². The van der Waals surface area contributed by atoms with Gasteiger partial charge in [-0.1, -0.05) is 11.6 Å². The highest BCUT2D eigenvalue weighted by atomic mass is 35.5. The van der Waals surface area contributed by atoms with Gasteiger partial charge in [0.25, 0.3) is 5.91 Å². The van der Waals surface area contributed by atoms with Gasteiger partial charge in [0, 0.05) is 22.1 Å². The average Bonchev–Trinajstić information content (AvgIpc) is 3.70. The lowest BCUT2D eigenvalue weighted by molar-refractivity contribution is -0.123. The molecule has 0 saturated heterocycles. The summed E-state index contributed by atoms with van der Waals surface area (Å²) in [6.07, 6.45) is -0.242. The number of fused-ring (bicyclic) bond motifs is 2. The van der Waals surface area contributed by atoms with Crippen molar-refractivity contribution in [1.82, 2.24) is 15.3 Å². The van der Waals surface area contributed by atoms with Gasteiger partial charge in [-0.25, -0.2) is 27.5 Å². The standard InChI is InChI=1S/C32H27ClF4N4O5/c1-14-19(33)9-15-8-16(10-21(45-3)25(15)40-14)28(42)39-12-32(44,31(37)6-7-31)22-11-18-27(46-13-30(18,2)29(38)43)26(41-22)17-4-5-20(34)24(36)23(17)35/h4-5,8-11,44H,6-7,12-13H2,1-3H3,(H2,38,43)(H,39,42)/t30-,32?/m0/s1. The Morgan fingerprint density at radius 1 is 1.15 bits per heavy atom. The van der Waals surface area contributed by atoms with E-state index >= 15 is 8.78 Å². The molecule has 9 nitrogen and oxygen atoms in total. The van der Waals surface area contributed by atoms with E-state index in [1.807, 2.05) is 0 Å². The van der Waals surface area contributed by atoms with E-state index in [2.05, 4.69) is 15.3 Å². The first-order valence-corrected chi connectivity index (χ1v) is 14.5. The molecule has 1 aliphatic heterocycles. The summed E-state index contributed by atoms with van der Waals surface area (Å²) in [4.78, 5) is 34.7. The third-order valence-electron chi connectivity index (χ3n) is 8.76. The molecule has 3 heterocycles. The van der Waals surface area contributed by atoms with Crippen LogP contribution >= 0.6 is 11.6 Å². The third-order valence-corrected chi connectivity index (χ3v) is 9.14. The Morgan fingerprint density at radius 2 is 1.87 bits per heavy atom. The van der Waals surface area contributed by atoms with Crippen LogP contribution in [0.15, 0.2) is 36.4 Å². The number of methoxy groups -OCH3 is 1. The lowest BCUT2D eigenvalue weighted by atomic mass is 9.80. The van der Waals surface area contributed by atoms with E-state index in [0.29, 0.717) is 27.7 Å². The molecule has 46 heavy (non-hydrogen) atoms. The Kier molecular flexibility index (Phi) is 7.40. The van der Waals surface area contributed by atoms with Gasteiger partial charge < -0.3 is 25.6 Å². The maximum Gasteiger partial charge on any atom is 0.251 e. The van der Waals surface area contributed by atoms with Gasteiger partial charge in [0.05, 0.1) is 30.1 Å². The zero-order valence-corrected chi connectivity index (χ0v) is 25.5. The minimum absolute atomic E-state index is 0.0251. The molecular weight excluding hydrogens is 632 g/mol. The number of aryl methyl sites for hydroxylation is 1. The van der Waals surface area contributed by atoms with E-state index < -0.39 is 69.4 Å². The molecule has 0 spiro atoms. The largest absolute Gasteiger partial charge is 0.494 e. The monoisotopic (exact) mass is 658 g/mol. The summed E-state index contributed by atoms with van der Waals surface area (Å²) < 4.78 is 70.5. The molecule has 1 saturated carbocycles. The normalized spacial score (nSPS) is 19.2. The van der Waals surface area contributed by atoms with Gasteiger partial charge in [-0.2, -0.15) is 0 Å². The Hall–Kier alpha value is -4.49. The molecule has 1 unspecified atom stereocenters. The highest BCUT2D eigenvalue weighted by molar-refractivity contribution is 6.31. The summed E-state index contributed by atoms with van der Waals surface area (Å²) in [6, 6.07) is 7.31. The van der Waals surface area contributed by atoms with Crippen LogP contribution in [0.25, 0.3) is 22.2 Å². The summed E-state index contributed by atoms with van der Waals surface area (Å²) in [7, 11) is 1.40. The van der Waals surface area contributed by atoms with Crippen molar-refractivity contribution in [3.05, 3.63) is 81.4 Å². The van der Waals surface area contributed by atoms with Crippen LogP contribution in [0, 0.1) is 24.4 Å². The van der Waals surface area contributed by atoms with Gasteiger partial charge in [0.15, 0.2) is 23.1 Å². The van der Waals surface area contributed by atoms with Crippen LogP contribution in [-0.4, -0.2) is 52.8 Å². The average molecular weight is 659 g/mol. The number of hydrogen-bond acceptors (Lipinski definition) is 7. The molecule has 2 aromatic heterocycles. The Morgan fingerprint density at radius 3 is 2.52 bits per heavy atom. The van der Waals surface area contributed by atoms with Crippen molar-refractivity contribution in [2.24, 2.45) is 5.73 Å². The lowest BCUT2D eigenvalue weighted by Gasteiger charge is -2.33. The number of halogens is 5.